The van der Waals surface area contributed by atoms with Crippen molar-refractivity contribution in [2.24, 2.45) is 0 Å². The molecule has 0 atom stereocenters. The minimum absolute atomic E-state index is 0.182. The second-order valence-corrected chi connectivity index (χ2v) is 7.01. The lowest BCUT2D eigenvalue weighted by Crippen LogP contribution is -2.46. The maximum Gasteiger partial charge on any atom is 0.293 e. The molecule has 1 saturated carbocycles. The predicted octanol–water partition coefficient (Wildman–Crippen LogP) is 1.22. The number of hydrogen-bond acceptors (Lipinski definition) is 6. The van der Waals surface area contributed by atoms with E-state index >= 15 is 0 Å². The molecular formula is C16H20N2O5S. The van der Waals surface area contributed by atoms with Gasteiger partial charge in [-0.25, -0.2) is 13.1 Å². The Hall–Kier alpha value is -2.03. The number of aliphatic hydroxyl groups excluding tert-OH is 1. The summed E-state index contributed by atoms with van der Waals surface area (Å²) in [5.74, 6) is 0. The van der Waals surface area contributed by atoms with Gasteiger partial charge in [0.05, 0.1) is 18.2 Å². The highest BCUT2D eigenvalue weighted by Gasteiger charge is 2.31. The number of hydrogen-bond donors (Lipinski definition) is 2. The Morgan fingerprint density at radius 3 is 2.62 bits per heavy atom. The Morgan fingerprint density at radius 1 is 1.33 bits per heavy atom. The van der Waals surface area contributed by atoms with E-state index in [0.717, 1.165) is 5.39 Å². The van der Waals surface area contributed by atoms with E-state index in [-0.39, 0.29) is 10.9 Å². The Labute approximate surface area is 140 Å². The van der Waals surface area contributed by atoms with Crippen LogP contribution in [0.4, 0.5) is 0 Å². The summed E-state index contributed by atoms with van der Waals surface area (Å²) in [6.45, 7) is 2.66. The topological polar surface area (TPSA) is 106 Å². The number of nitrogens with one attached hydrogen (secondary N) is 1. The highest BCUT2D eigenvalue weighted by molar-refractivity contribution is 7.89. The molecule has 0 aliphatic heterocycles. The third-order valence-corrected chi connectivity index (χ3v) is 5.11. The zero-order chi connectivity index (χ0) is 17.6. The largest absolute Gasteiger partial charge is 0.468 e. The number of aromatic nitrogens is 1. The maximum absolute atomic E-state index is 12.3. The van der Waals surface area contributed by atoms with Gasteiger partial charge >= 0.3 is 0 Å². The molecule has 0 bridgehead atoms. The van der Waals surface area contributed by atoms with Crippen molar-refractivity contribution in [1.82, 2.24) is 9.71 Å². The zero-order valence-corrected chi connectivity index (χ0v) is 14.1. The standard InChI is InChI=1S/C13H14N2O3S.C3H6O2/c16-11-7-10(8-11)15-19(17,18)12-5-1-3-9-4-2-6-14-13(9)12;1-2-5-3-4/h1-6,10-11,15-16H,7-8H2;3H,2H2,1H3. The molecule has 7 nitrogen and oxygen atoms in total. The van der Waals surface area contributed by atoms with Crippen LogP contribution in [0.25, 0.3) is 10.9 Å². The fraction of sp³-hybridized carbons (Fsp3) is 0.375. The van der Waals surface area contributed by atoms with Gasteiger partial charge in [-0.1, -0.05) is 18.2 Å². The van der Waals surface area contributed by atoms with Gasteiger partial charge in [-0.3, -0.25) is 9.78 Å². The molecular weight excluding hydrogens is 332 g/mol. The second-order valence-electron chi connectivity index (χ2n) is 5.33. The van der Waals surface area contributed by atoms with Gasteiger partial charge in [0.2, 0.25) is 10.0 Å². The first-order chi connectivity index (χ1) is 11.5. The second kappa shape index (κ2) is 8.18. The van der Waals surface area contributed by atoms with Crippen LogP contribution in [0.1, 0.15) is 19.8 Å². The molecule has 1 aliphatic carbocycles. The smallest absolute Gasteiger partial charge is 0.293 e. The monoisotopic (exact) mass is 352 g/mol. The van der Waals surface area contributed by atoms with Gasteiger partial charge < -0.3 is 9.84 Å². The molecule has 0 saturated heterocycles. The van der Waals surface area contributed by atoms with E-state index in [1.54, 1.807) is 31.3 Å². The van der Waals surface area contributed by atoms with Crippen molar-refractivity contribution in [2.75, 3.05) is 6.61 Å². The molecule has 2 aromatic rings. The number of rotatable bonds is 5. The number of ether oxygens (including phenoxy) is 1. The third kappa shape index (κ3) is 4.50. The summed E-state index contributed by atoms with van der Waals surface area (Å²) in [6, 6.07) is 8.50. The summed E-state index contributed by atoms with van der Waals surface area (Å²) in [7, 11) is -3.59. The zero-order valence-electron chi connectivity index (χ0n) is 13.3. The Kier molecular flexibility index (Phi) is 6.24. The molecule has 1 heterocycles. The lowest BCUT2D eigenvalue weighted by Gasteiger charge is -2.31. The van der Waals surface area contributed by atoms with Crippen LogP contribution in [-0.2, 0) is 19.6 Å². The molecule has 1 aliphatic rings. The van der Waals surface area contributed by atoms with Crippen LogP contribution < -0.4 is 4.72 Å². The van der Waals surface area contributed by atoms with Crippen LogP contribution in [-0.4, -0.2) is 43.7 Å². The minimum atomic E-state index is -3.59. The molecule has 3 rings (SSSR count). The van der Waals surface area contributed by atoms with Crippen LogP contribution in [0.3, 0.4) is 0 Å². The molecule has 1 aromatic carbocycles. The van der Waals surface area contributed by atoms with Gasteiger partial charge in [0.25, 0.3) is 6.47 Å². The molecule has 0 radical (unpaired) electrons. The number of para-hydroxylation sites is 1. The summed E-state index contributed by atoms with van der Waals surface area (Å²) in [6.07, 6.45) is 2.13. The molecule has 0 spiro atoms. The van der Waals surface area contributed by atoms with E-state index in [9.17, 15) is 18.3 Å². The molecule has 1 fully saturated rings. The van der Waals surface area contributed by atoms with Crippen molar-refractivity contribution in [1.29, 1.82) is 0 Å². The molecule has 0 unspecified atom stereocenters. The molecule has 130 valence electrons. The van der Waals surface area contributed by atoms with Crippen LogP contribution in [0.15, 0.2) is 41.4 Å². The highest BCUT2D eigenvalue weighted by Crippen LogP contribution is 2.25. The first-order valence-electron chi connectivity index (χ1n) is 7.57. The first-order valence-corrected chi connectivity index (χ1v) is 9.05. The van der Waals surface area contributed by atoms with Gasteiger partial charge in [0.1, 0.15) is 4.90 Å². The number of carbonyl (C=O) groups excluding carboxylic acids is 1. The molecule has 1 aromatic heterocycles. The summed E-state index contributed by atoms with van der Waals surface area (Å²) < 4.78 is 31.4. The van der Waals surface area contributed by atoms with Gasteiger partial charge in [0.15, 0.2) is 0 Å². The number of benzene rings is 1. The average Bonchev–Trinajstić information content (AvgIpc) is 2.54. The van der Waals surface area contributed by atoms with Crippen LogP contribution in [0, 0.1) is 0 Å². The highest BCUT2D eigenvalue weighted by atomic mass is 32.2. The number of nitrogens with zero attached hydrogens (tertiary/aromatic N) is 1. The van der Waals surface area contributed by atoms with E-state index in [1.807, 2.05) is 12.1 Å². The lowest BCUT2D eigenvalue weighted by atomic mass is 9.91. The van der Waals surface area contributed by atoms with Crippen molar-refractivity contribution >= 4 is 27.4 Å². The Morgan fingerprint density at radius 2 is 2.04 bits per heavy atom. The fourth-order valence-corrected chi connectivity index (χ4v) is 3.77. The summed E-state index contributed by atoms with van der Waals surface area (Å²) in [5, 5.41) is 10.0. The summed E-state index contributed by atoms with van der Waals surface area (Å²) in [4.78, 5) is 13.5. The average molecular weight is 352 g/mol. The number of aliphatic hydroxyl groups is 1. The number of fused-ring (bicyclic) bond motifs is 1. The van der Waals surface area contributed by atoms with Crippen LogP contribution in [0.5, 0.6) is 0 Å². The number of sulfonamides is 1. The van der Waals surface area contributed by atoms with Crippen LogP contribution in [0.2, 0.25) is 0 Å². The lowest BCUT2D eigenvalue weighted by molar-refractivity contribution is -0.128. The molecule has 2 N–H and O–H groups in total. The van der Waals surface area contributed by atoms with E-state index in [1.165, 1.54) is 0 Å². The normalized spacial score (nSPS) is 19.8. The Balaban J connectivity index is 0.000000368. The molecule has 24 heavy (non-hydrogen) atoms. The van der Waals surface area contributed by atoms with Gasteiger partial charge in [0, 0.05) is 17.6 Å². The van der Waals surface area contributed by atoms with Crippen molar-refractivity contribution in [3.63, 3.8) is 0 Å². The predicted molar refractivity (Wildman–Crippen MR) is 88.8 cm³/mol. The van der Waals surface area contributed by atoms with Crippen molar-refractivity contribution < 1.29 is 23.1 Å². The number of pyridine rings is 1. The first kappa shape index (κ1) is 18.3. The van der Waals surface area contributed by atoms with E-state index in [2.05, 4.69) is 14.4 Å². The third-order valence-electron chi connectivity index (χ3n) is 3.55. The summed E-state index contributed by atoms with van der Waals surface area (Å²) >= 11 is 0. The van der Waals surface area contributed by atoms with Crippen molar-refractivity contribution in [3.8, 4) is 0 Å². The van der Waals surface area contributed by atoms with E-state index in [0.29, 0.717) is 31.4 Å². The molecule has 0 amide bonds. The van der Waals surface area contributed by atoms with Gasteiger partial charge in [-0.15, -0.1) is 0 Å². The Bertz CT molecular complexity index is 783. The quantitative estimate of drug-likeness (QED) is 0.784. The fourth-order valence-electron chi connectivity index (χ4n) is 2.33. The van der Waals surface area contributed by atoms with Crippen molar-refractivity contribution in [2.45, 2.75) is 36.8 Å². The van der Waals surface area contributed by atoms with Gasteiger partial charge in [-0.05, 0) is 31.9 Å². The van der Waals surface area contributed by atoms with Crippen molar-refractivity contribution in [3.05, 3.63) is 36.5 Å². The molecule has 8 heteroatoms. The number of carbonyl (C=O) groups is 1. The van der Waals surface area contributed by atoms with Gasteiger partial charge in [-0.2, -0.15) is 0 Å². The summed E-state index contributed by atoms with van der Waals surface area (Å²) in [5.41, 5.74) is 0.470. The van der Waals surface area contributed by atoms with Crippen LogP contribution >= 0.6 is 0 Å². The SMILES string of the molecule is CCOC=O.O=S(=O)(NC1CC(O)C1)c1cccc2cccnc12. The minimum Gasteiger partial charge on any atom is -0.468 e. The maximum atomic E-state index is 12.3. The van der Waals surface area contributed by atoms with E-state index < -0.39 is 16.1 Å². The van der Waals surface area contributed by atoms with E-state index in [4.69, 9.17) is 0 Å².